The predicted octanol–water partition coefficient (Wildman–Crippen LogP) is 2.55. The molecule has 0 amide bonds. The second-order valence-corrected chi connectivity index (χ2v) is 4.67. The molecule has 0 bridgehead atoms. The van der Waals surface area contributed by atoms with Gasteiger partial charge in [0.15, 0.2) is 0 Å². The number of nitrogens with zero attached hydrogens (tertiary/aromatic N) is 1. The lowest BCUT2D eigenvalue weighted by atomic mass is 9.92. The highest BCUT2D eigenvalue weighted by Gasteiger charge is 2.28. The van der Waals surface area contributed by atoms with Crippen molar-refractivity contribution in [2.75, 3.05) is 18.0 Å². The van der Waals surface area contributed by atoms with E-state index in [0.29, 0.717) is 13.0 Å². The minimum atomic E-state index is -0.680. The maximum absolute atomic E-state index is 11.2. The lowest BCUT2D eigenvalue weighted by molar-refractivity contribution is -0.141. The van der Waals surface area contributed by atoms with Crippen molar-refractivity contribution >= 4 is 11.7 Å². The van der Waals surface area contributed by atoms with E-state index in [4.69, 9.17) is 0 Å². The molecular formula is C14H19NO2. The number of para-hydroxylation sites is 1. The van der Waals surface area contributed by atoms with Crippen LogP contribution in [0.25, 0.3) is 0 Å². The van der Waals surface area contributed by atoms with Gasteiger partial charge in [0.1, 0.15) is 0 Å². The number of rotatable bonds is 4. The number of anilines is 1. The fourth-order valence-electron chi connectivity index (χ4n) is 2.41. The third-order valence-electron chi connectivity index (χ3n) is 3.37. The van der Waals surface area contributed by atoms with Crippen molar-refractivity contribution < 1.29 is 9.90 Å². The van der Waals surface area contributed by atoms with Crippen LogP contribution < -0.4 is 4.90 Å². The number of unbranched alkanes of at least 4 members (excludes halogenated alkanes) is 1. The van der Waals surface area contributed by atoms with Crippen LogP contribution in [-0.4, -0.2) is 24.2 Å². The van der Waals surface area contributed by atoms with E-state index in [1.807, 2.05) is 18.2 Å². The topological polar surface area (TPSA) is 40.5 Å². The summed E-state index contributed by atoms with van der Waals surface area (Å²) in [4.78, 5) is 13.4. The Kier molecular flexibility index (Phi) is 3.67. The molecule has 0 fully saturated rings. The van der Waals surface area contributed by atoms with E-state index in [-0.39, 0.29) is 5.92 Å². The van der Waals surface area contributed by atoms with Gasteiger partial charge in [-0.15, -0.1) is 0 Å². The summed E-state index contributed by atoms with van der Waals surface area (Å²) in [6.07, 6.45) is 2.91. The van der Waals surface area contributed by atoms with Crippen LogP contribution in [0.2, 0.25) is 0 Å². The second-order valence-electron chi connectivity index (χ2n) is 4.67. The molecule has 3 nitrogen and oxygen atoms in total. The minimum absolute atomic E-state index is 0.262. The molecule has 1 aromatic carbocycles. The Balaban J connectivity index is 2.22. The number of aliphatic carboxylic acids is 1. The first-order chi connectivity index (χ1) is 8.22. The van der Waals surface area contributed by atoms with Gasteiger partial charge >= 0.3 is 5.97 Å². The summed E-state index contributed by atoms with van der Waals surface area (Å²) in [5.41, 5.74) is 2.39. The van der Waals surface area contributed by atoms with E-state index >= 15 is 0 Å². The maximum Gasteiger partial charge on any atom is 0.308 e. The first kappa shape index (κ1) is 12.0. The normalized spacial score (nSPS) is 18.9. The summed E-state index contributed by atoms with van der Waals surface area (Å²) in [5.74, 6) is -0.942. The van der Waals surface area contributed by atoms with Gasteiger partial charge in [0.05, 0.1) is 5.92 Å². The Hall–Kier alpha value is -1.51. The molecule has 0 radical (unpaired) electrons. The molecule has 2 rings (SSSR count). The molecule has 92 valence electrons. The van der Waals surface area contributed by atoms with Gasteiger partial charge in [-0.3, -0.25) is 4.79 Å². The largest absolute Gasteiger partial charge is 0.481 e. The van der Waals surface area contributed by atoms with Gasteiger partial charge in [-0.05, 0) is 24.5 Å². The average molecular weight is 233 g/mol. The molecule has 0 saturated carbocycles. The van der Waals surface area contributed by atoms with E-state index in [2.05, 4.69) is 17.9 Å². The van der Waals surface area contributed by atoms with Gasteiger partial charge in [0.25, 0.3) is 0 Å². The molecule has 1 unspecified atom stereocenters. The fourth-order valence-corrected chi connectivity index (χ4v) is 2.41. The minimum Gasteiger partial charge on any atom is -0.481 e. The van der Waals surface area contributed by atoms with Gasteiger partial charge in [-0.1, -0.05) is 31.5 Å². The Bertz CT molecular complexity index is 403. The highest BCUT2D eigenvalue weighted by molar-refractivity contribution is 5.73. The van der Waals surface area contributed by atoms with E-state index in [9.17, 15) is 9.90 Å². The van der Waals surface area contributed by atoms with Crippen molar-refractivity contribution in [3.63, 3.8) is 0 Å². The number of carboxylic acid groups (broad SMARTS) is 1. The molecule has 3 heteroatoms. The first-order valence-electron chi connectivity index (χ1n) is 6.28. The summed E-state index contributed by atoms with van der Waals surface area (Å²) in [6.45, 7) is 3.76. The third-order valence-corrected chi connectivity index (χ3v) is 3.37. The highest BCUT2D eigenvalue weighted by atomic mass is 16.4. The lowest BCUT2D eigenvalue weighted by Crippen LogP contribution is -2.39. The quantitative estimate of drug-likeness (QED) is 0.868. The van der Waals surface area contributed by atoms with Crippen LogP contribution in [0.4, 0.5) is 5.69 Å². The molecule has 0 aliphatic carbocycles. The van der Waals surface area contributed by atoms with Crippen molar-refractivity contribution in [3.8, 4) is 0 Å². The number of carboxylic acids is 1. The van der Waals surface area contributed by atoms with Crippen molar-refractivity contribution in [3.05, 3.63) is 29.8 Å². The molecule has 1 aliphatic heterocycles. The van der Waals surface area contributed by atoms with Gasteiger partial charge in [0.2, 0.25) is 0 Å². The van der Waals surface area contributed by atoms with Crippen LogP contribution in [-0.2, 0) is 11.2 Å². The Morgan fingerprint density at radius 3 is 2.94 bits per heavy atom. The molecule has 1 heterocycles. The van der Waals surface area contributed by atoms with E-state index in [1.165, 1.54) is 11.3 Å². The fraction of sp³-hybridized carbons (Fsp3) is 0.500. The molecule has 1 N–H and O–H groups in total. The van der Waals surface area contributed by atoms with Crippen molar-refractivity contribution in [1.29, 1.82) is 0 Å². The monoisotopic (exact) mass is 233 g/mol. The Morgan fingerprint density at radius 1 is 1.47 bits per heavy atom. The van der Waals surface area contributed by atoms with E-state index in [1.54, 1.807) is 0 Å². The first-order valence-corrected chi connectivity index (χ1v) is 6.28. The van der Waals surface area contributed by atoms with Gasteiger partial charge in [-0.2, -0.15) is 0 Å². The zero-order valence-corrected chi connectivity index (χ0v) is 10.2. The van der Waals surface area contributed by atoms with Gasteiger partial charge in [-0.25, -0.2) is 0 Å². The van der Waals surface area contributed by atoms with Crippen molar-refractivity contribution in [2.45, 2.75) is 26.2 Å². The van der Waals surface area contributed by atoms with Crippen LogP contribution in [0.15, 0.2) is 24.3 Å². The molecule has 0 saturated heterocycles. The van der Waals surface area contributed by atoms with Gasteiger partial charge in [0, 0.05) is 18.8 Å². The smallest absolute Gasteiger partial charge is 0.308 e. The van der Waals surface area contributed by atoms with Crippen LogP contribution in [0.5, 0.6) is 0 Å². The number of hydrogen-bond donors (Lipinski definition) is 1. The molecular weight excluding hydrogens is 214 g/mol. The standard InChI is InChI=1S/C14H19NO2/c1-2-3-8-15-10-12(14(16)17)9-11-6-4-5-7-13(11)15/h4-7,12H,2-3,8-10H2,1H3,(H,16,17). The number of benzene rings is 1. The maximum atomic E-state index is 11.2. The van der Waals surface area contributed by atoms with Gasteiger partial charge < -0.3 is 10.0 Å². The summed E-state index contributed by atoms with van der Waals surface area (Å²) in [6, 6.07) is 8.16. The summed E-state index contributed by atoms with van der Waals surface area (Å²) < 4.78 is 0. The average Bonchev–Trinajstić information content (AvgIpc) is 2.35. The van der Waals surface area contributed by atoms with Crippen LogP contribution in [0, 0.1) is 5.92 Å². The van der Waals surface area contributed by atoms with Crippen molar-refractivity contribution in [2.24, 2.45) is 5.92 Å². The molecule has 1 atom stereocenters. The van der Waals surface area contributed by atoms with E-state index < -0.39 is 5.97 Å². The highest BCUT2D eigenvalue weighted by Crippen LogP contribution is 2.29. The molecule has 0 spiro atoms. The molecule has 17 heavy (non-hydrogen) atoms. The lowest BCUT2D eigenvalue weighted by Gasteiger charge is -2.34. The summed E-state index contributed by atoms with van der Waals surface area (Å²) >= 11 is 0. The third kappa shape index (κ3) is 2.60. The zero-order valence-electron chi connectivity index (χ0n) is 10.2. The van der Waals surface area contributed by atoms with Crippen LogP contribution in [0.3, 0.4) is 0 Å². The summed E-state index contributed by atoms with van der Waals surface area (Å²) in [7, 11) is 0. The predicted molar refractivity (Wildman–Crippen MR) is 68.4 cm³/mol. The summed E-state index contributed by atoms with van der Waals surface area (Å²) in [5, 5.41) is 9.18. The number of fused-ring (bicyclic) bond motifs is 1. The second kappa shape index (κ2) is 5.21. The van der Waals surface area contributed by atoms with Crippen LogP contribution >= 0.6 is 0 Å². The SMILES string of the molecule is CCCCN1CC(C(=O)O)Cc2ccccc21. The Morgan fingerprint density at radius 2 is 2.24 bits per heavy atom. The molecule has 0 aromatic heterocycles. The van der Waals surface area contributed by atoms with E-state index in [0.717, 1.165) is 19.4 Å². The zero-order chi connectivity index (χ0) is 12.3. The number of hydrogen-bond acceptors (Lipinski definition) is 2. The number of carbonyl (C=O) groups is 1. The van der Waals surface area contributed by atoms with Crippen molar-refractivity contribution in [1.82, 2.24) is 0 Å². The molecule has 1 aliphatic rings. The van der Waals surface area contributed by atoms with Crippen LogP contribution in [0.1, 0.15) is 25.3 Å². The Labute approximate surface area is 102 Å². The molecule has 1 aromatic rings.